The van der Waals surface area contributed by atoms with E-state index in [0.29, 0.717) is 34.8 Å². The Morgan fingerprint density at radius 2 is 1.85 bits per heavy atom. The Morgan fingerprint density at radius 3 is 2.54 bits per heavy atom. The van der Waals surface area contributed by atoms with Crippen LogP contribution in [-0.4, -0.2) is 54.6 Å². The summed E-state index contributed by atoms with van der Waals surface area (Å²) >= 11 is 10.7. The van der Waals surface area contributed by atoms with Crippen molar-refractivity contribution in [2.75, 3.05) is 38.4 Å². The maximum atomic E-state index is 15.3. The SMILES string of the molecule is COc1cc2c(Oc3ccc(/C=N/N(C(N)=S)c4ccc(Cl)c(C(F)(F)F)c4)cc3F)ccnc2cc1OCCCN1CCC(C)CC1. The van der Waals surface area contributed by atoms with E-state index < -0.39 is 22.6 Å². The van der Waals surface area contributed by atoms with E-state index in [9.17, 15) is 13.2 Å². The van der Waals surface area contributed by atoms with Gasteiger partial charge in [0.1, 0.15) is 5.75 Å². The highest BCUT2D eigenvalue weighted by Crippen LogP contribution is 2.39. The molecule has 8 nitrogen and oxygen atoms in total. The van der Waals surface area contributed by atoms with E-state index >= 15 is 4.39 Å². The number of pyridine rings is 1. The van der Waals surface area contributed by atoms with E-state index in [1.54, 1.807) is 31.5 Å². The van der Waals surface area contributed by atoms with Crippen LogP contribution in [0.3, 0.4) is 0 Å². The number of nitrogens with zero attached hydrogens (tertiary/aromatic N) is 4. The van der Waals surface area contributed by atoms with Crippen molar-refractivity contribution >= 4 is 51.7 Å². The first-order valence-electron chi connectivity index (χ1n) is 15.2. The molecule has 0 amide bonds. The molecule has 2 N–H and O–H groups in total. The number of piperidine rings is 1. The van der Waals surface area contributed by atoms with Crippen molar-refractivity contribution in [3.05, 3.63) is 82.8 Å². The Kier molecular flexibility index (Phi) is 11.2. The molecule has 3 aromatic carbocycles. The van der Waals surface area contributed by atoms with Gasteiger partial charge in [-0.2, -0.15) is 18.3 Å². The van der Waals surface area contributed by atoms with E-state index in [4.69, 9.17) is 43.8 Å². The minimum absolute atomic E-state index is 0.0726. The summed E-state index contributed by atoms with van der Waals surface area (Å²) in [5.41, 5.74) is 5.41. The number of aromatic nitrogens is 1. The van der Waals surface area contributed by atoms with E-state index in [2.05, 4.69) is 21.9 Å². The van der Waals surface area contributed by atoms with Crippen molar-refractivity contribution in [1.29, 1.82) is 0 Å². The minimum atomic E-state index is -4.70. The molecule has 254 valence electrons. The average molecular weight is 704 g/mol. The Balaban J connectivity index is 1.29. The first kappa shape index (κ1) is 35.1. The fourth-order valence-corrected chi connectivity index (χ4v) is 5.66. The van der Waals surface area contributed by atoms with Gasteiger partial charge in [0.25, 0.3) is 0 Å². The number of benzene rings is 3. The molecule has 4 aromatic rings. The Morgan fingerprint density at radius 1 is 1.08 bits per heavy atom. The third-order valence-corrected chi connectivity index (χ3v) is 8.45. The van der Waals surface area contributed by atoms with Crippen LogP contribution in [0.15, 0.2) is 65.9 Å². The van der Waals surface area contributed by atoms with Gasteiger partial charge in [-0.25, -0.2) is 9.40 Å². The van der Waals surface area contributed by atoms with E-state index in [-0.39, 0.29) is 22.1 Å². The molecule has 0 radical (unpaired) electrons. The van der Waals surface area contributed by atoms with Crippen LogP contribution in [0.5, 0.6) is 23.0 Å². The van der Waals surface area contributed by atoms with Crippen LogP contribution in [0.25, 0.3) is 10.9 Å². The standard InChI is InChI=1S/C34H34ClF4N5O3S/c1-21-9-13-43(14-10-21)12-3-15-46-32-19-28-24(18-31(32)45-2)29(8-11-41-28)47-30-7-4-22(16-27(30)36)20-42-44(33(40)48)23-5-6-26(35)25(17-23)34(37,38)39/h4-8,11,16-21H,3,9-10,12-15H2,1-2H3,(H2,40,48)/b42-20+. The number of methoxy groups -OCH3 is 1. The van der Waals surface area contributed by atoms with Gasteiger partial charge in [-0.1, -0.05) is 18.5 Å². The fourth-order valence-electron chi connectivity index (χ4n) is 5.28. The van der Waals surface area contributed by atoms with Gasteiger partial charge in [-0.15, -0.1) is 0 Å². The lowest BCUT2D eigenvalue weighted by Gasteiger charge is -2.30. The number of anilines is 1. The van der Waals surface area contributed by atoms with Gasteiger partial charge in [0.15, 0.2) is 28.2 Å². The van der Waals surface area contributed by atoms with Crippen LogP contribution in [0.2, 0.25) is 5.02 Å². The van der Waals surface area contributed by atoms with Crippen molar-refractivity contribution in [2.24, 2.45) is 16.8 Å². The van der Waals surface area contributed by atoms with E-state index in [0.717, 1.165) is 55.2 Å². The number of hydrogen-bond donors (Lipinski definition) is 1. The lowest BCUT2D eigenvalue weighted by molar-refractivity contribution is -0.137. The first-order valence-corrected chi connectivity index (χ1v) is 16.0. The number of ether oxygens (including phenoxy) is 3. The third-order valence-electron chi connectivity index (χ3n) is 7.95. The number of thiocarbonyl (C=S) groups is 1. The van der Waals surface area contributed by atoms with Crippen LogP contribution >= 0.6 is 23.8 Å². The molecule has 1 fully saturated rings. The summed E-state index contributed by atoms with van der Waals surface area (Å²) < 4.78 is 73.0. The van der Waals surface area contributed by atoms with Crippen LogP contribution in [0.4, 0.5) is 23.2 Å². The molecule has 0 unspecified atom stereocenters. The molecule has 5 rings (SSSR count). The number of nitrogens with two attached hydrogens (primary N) is 1. The molecule has 1 aliphatic heterocycles. The molecule has 1 saturated heterocycles. The lowest BCUT2D eigenvalue weighted by atomic mass is 9.99. The second-order valence-corrected chi connectivity index (χ2v) is 12.2. The summed E-state index contributed by atoms with van der Waals surface area (Å²) in [7, 11) is 1.54. The molecular formula is C34H34ClF4N5O3S. The minimum Gasteiger partial charge on any atom is -0.493 e. The number of rotatable bonds is 11. The first-order chi connectivity index (χ1) is 22.9. The van der Waals surface area contributed by atoms with Gasteiger partial charge in [-0.3, -0.25) is 4.98 Å². The fraction of sp³-hybridized carbons (Fsp3) is 0.324. The molecule has 2 heterocycles. The van der Waals surface area contributed by atoms with Crippen molar-refractivity contribution in [2.45, 2.75) is 32.4 Å². The molecule has 0 spiro atoms. The van der Waals surface area contributed by atoms with Crippen molar-refractivity contribution < 1.29 is 31.8 Å². The summed E-state index contributed by atoms with van der Waals surface area (Å²) in [6.45, 7) is 6.02. The van der Waals surface area contributed by atoms with Gasteiger partial charge >= 0.3 is 6.18 Å². The maximum Gasteiger partial charge on any atom is 0.417 e. The second kappa shape index (κ2) is 15.3. The van der Waals surface area contributed by atoms with Gasteiger partial charge in [0.2, 0.25) is 0 Å². The van der Waals surface area contributed by atoms with Gasteiger partial charge in [0.05, 0.1) is 41.7 Å². The lowest BCUT2D eigenvalue weighted by Crippen LogP contribution is -2.34. The molecular weight excluding hydrogens is 670 g/mol. The average Bonchev–Trinajstić information content (AvgIpc) is 3.05. The molecule has 0 saturated carbocycles. The monoisotopic (exact) mass is 703 g/mol. The maximum absolute atomic E-state index is 15.3. The predicted molar refractivity (Wildman–Crippen MR) is 183 cm³/mol. The van der Waals surface area contributed by atoms with Crippen molar-refractivity contribution in [3.8, 4) is 23.0 Å². The van der Waals surface area contributed by atoms with Crippen molar-refractivity contribution in [3.63, 3.8) is 0 Å². The summed E-state index contributed by atoms with van der Waals surface area (Å²) in [4.78, 5) is 6.90. The largest absolute Gasteiger partial charge is 0.493 e. The highest BCUT2D eigenvalue weighted by Gasteiger charge is 2.34. The molecule has 14 heteroatoms. The Hall–Kier alpha value is -4.20. The summed E-state index contributed by atoms with van der Waals surface area (Å²) in [6.07, 6.45) is 1.38. The number of alkyl halides is 3. The zero-order valence-corrected chi connectivity index (χ0v) is 27.8. The number of hydrogen-bond acceptors (Lipinski definition) is 7. The highest BCUT2D eigenvalue weighted by molar-refractivity contribution is 7.80. The number of hydrazone groups is 1. The number of likely N-dealkylation sites (tertiary alicyclic amines) is 1. The highest BCUT2D eigenvalue weighted by atomic mass is 35.5. The van der Waals surface area contributed by atoms with Crippen LogP contribution in [0.1, 0.15) is 37.3 Å². The van der Waals surface area contributed by atoms with Gasteiger partial charge in [0, 0.05) is 24.2 Å². The quantitative estimate of drug-likeness (QED) is 0.0548. The zero-order chi connectivity index (χ0) is 34.4. The molecule has 1 aromatic heterocycles. The summed E-state index contributed by atoms with van der Waals surface area (Å²) in [6, 6.07) is 12.3. The number of fused-ring (bicyclic) bond motifs is 1. The molecule has 48 heavy (non-hydrogen) atoms. The second-order valence-electron chi connectivity index (χ2n) is 11.4. The zero-order valence-electron chi connectivity index (χ0n) is 26.3. The van der Waals surface area contributed by atoms with Crippen LogP contribution < -0.4 is 25.0 Å². The van der Waals surface area contributed by atoms with E-state index in [1.807, 2.05) is 0 Å². The third kappa shape index (κ3) is 8.63. The summed E-state index contributed by atoms with van der Waals surface area (Å²) in [5.74, 6) is 1.37. The van der Waals surface area contributed by atoms with Crippen LogP contribution in [-0.2, 0) is 6.18 Å². The smallest absolute Gasteiger partial charge is 0.417 e. The molecule has 0 aliphatic carbocycles. The Bertz CT molecular complexity index is 1800. The van der Waals surface area contributed by atoms with E-state index in [1.165, 1.54) is 37.3 Å². The molecule has 0 bridgehead atoms. The van der Waals surface area contributed by atoms with Gasteiger partial charge in [-0.05, 0) is 105 Å². The Labute approximate surface area is 286 Å². The van der Waals surface area contributed by atoms with Crippen molar-refractivity contribution in [1.82, 2.24) is 9.88 Å². The topological polar surface area (TPSA) is 85.4 Å². The van der Waals surface area contributed by atoms with Crippen LogP contribution in [0, 0.1) is 11.7 Å². The summed E-state index contributed by atoms with van der Waals surface area (Å²) in [5, 5.41) is 4.76. The van der Waals surface area contributed by atoms with Gasteiger partial charge < -0.3 is 24.8 Å². The molecule has 0 atom stereocenters. The number of halogens is 5. The normalized spacial score (nSPS) is 14.4. The predicted octanol–water partition coefficient (Wildman–Crippen LogP) is 8.43. The molecule has 1 aliphatic rings.